The van der Waals surface area contributed by atoms with Crippen LogP contribution in [0.15, 0.2) is 70.2 Å². The van der Waals surface area contributed by atoms with Crippen LogP contribution in [0.1, 0.15) is 41.4 Å². The molecule has 0 saturated carbocycles. The second kappa shape index (κ2) is 9.50. The van der Waals surface area contributed by atoms with Gasteiger partial charge in [-0.2, -0.15) is 0 Å². The van der Waals surface area contributed by atoms with Crippen LogP contribution < -0.4 is 10.0 Å². The largest absolute Gasteiger partial charge is 0.459 e. The van der Waals surface area contributed by atoms with E-state index < -0.39 is 10.0 Å². The number of furan rings is 1. The fourth-order valence-electron chi connectivity index (χ4n) is 3.73. The third-order valence-electron chi connectivity index (χ3n) is 5.42. The van der Waals surface area contributed by atoms with Gasteiger partial charge in [-0.3, -0.25) is 14.3 Å². The molecule has 0 spiro atoms. The summed E-state index contributed by atoms with van der Waals surface area (Å²) in [5, 5.41) is 2.74. The Labute approximate surface area is 192 Å². The molecule has 0 bridgehead atoms. The number of carbonyl (C=O) groups excluding carboxylic acids is 2. The van der Waals surface area contributed by atoms with Gasteiger partial charge in [-0.15, -0.1) is 0 Å². The molecule has 172 valence electrons. The summed E-state index contributed by atoms with van der Waals surface area (Å²) in [7, 11) is -3.82. The average Bonchev–Trinajstić information content (AvgIpc) is 3.33. The standard InChI is InChI=1S/C24H25N3O5S/c1-2-4-23(28)25-19-8-10-21(11-9-19)33(30,31)26-20-7-6-17-12-13-27(16-18(17)15-20)24(29)22-5-3-14-32-22/h3,5-11,14-15,26H,2,4,12-13,16H2,1H3,(H,25,28). The fraction of sp³-hybridized carbons (Fsp3) is 0.250. The second-order valence-electron chi connectivity index (χ2n) is 7.87. The van der Waals surface area contributed by atoms with Gasteiger partial charge in [0.25, 0.3) is 15.9 Å². The van der Waals surface area contributed by atoms with Gasteiger partial charge in [0.2, 0.25) is 5.91 Å². The molecule has 0 unspecified atom stereocenters. The number of nitrogens with one attached hydrogen (secondary N) is 2. The van der Waals surface area contributed by atoms with Crippen LogP contribution in [0, 0.1) is 0 Å². The highest BCUT2D eigenvalue weighted by atomic mass is 32.2. The number of fused-ring (bicyclic) bond motifs is 1. The van der Waals surface area contributed by atoms with Gasteiger partial charge < -0.3 is 14.6 Å². The predicted octanol–water partition coefficient (Wildman–Crippen LogP) is 4.02. The van der Waals surface area contributed by atoms with Crippen LogP contribution in [-0.2, 0) is 27.8 Å². The topological polar surface area (TPSA) is 109 Å². The van der Waals surface area contributed by atoms with Gasteiger partial charge in [0, 0.05) is 30.9 Å². The molecule has 2 N–H and O–H groups in total. The summed E-state index contributed by atoms with van der Waals surface area (Å²) in [6, 6.07) is 14.7. The number of hydrogen-bond donors (Lipinski definition) is 2. The van der Waals surface area contributed by atoms with Crippen molar-refractivity contribution >= 4 is 33.2 Å². The Hall–Kier alpha value is -3.59. The molecule has 0 radical (unpaired) electrons. The molecule has 8 nitrogen and oxygen atoms in total. The first kappa shape index (κ1) is 22.6. The summed E-state index contributed by atoms with van der Waals surface area (Å²) in [6.07, 6.45) is 3.28. The molecule has 1 aromatic heterocycles. The molecule has 0 aliphatic carbocycles. The lowest BCUT2D eigenvalue weighted by Gasteiger charge is -2.28. The van der Waals surface area contributed by atoms with E-state index >= 15 is 0 Å². The van der Waals surface area contributed by atoms with Crippen molar-refractivity contribution in [3.63, 3.8) is 0 Å². The zero-order chi connectivity index (χ0) is 23.4. The van der Waals surface area contributed by atoms with E-state index in [2.05, 4.69) is 10.0 Å². The van der Waals surface area contributed by atoms with E-state index in [-0.39, 0.29) is 22.5 Å². The van der Waals surface area contributed by atoms with Gasteiger partial charge in [-0.25, -0.2) is 8.42 Å². The number of amides is 2. The van der Waals surface area contributed by atoms with Crippen LogP contribution in [0.4, 0.5) is 11.4 Å². The van der Waals surface area contributed by atoms with Crippen molar-refractivity contribution in [2.24, 2.45) is 0 Å². The van der Waals surface area contributed by atoms with Gasteiger partial charge in [0.1, 0.15) is 0 Å². The highest BCUT2D eigenvalue weighted by Crippen LogP contribution is 2.26. The van der Waals surface area contributed by atoms with Crippen LogP contribution in [-0.4, -0.2) is 31.7 Å². The van der Waals surface area contributed by atoms with Crippen LogP contribution >= 0.6 is 0 Å². The predicted molar refractivity (Wildman–Crippen MR) is 124 cm³/mol. The third kappa shape index (κ3) is 5.25. The van der Waals surface area contributed by atoms with Gasteiger partial charge in [-0.05, 0) is 72.5 Å². The van der Waals surface area contributed by atoms with Crippen LogP contribution in [0.3, 0.4) is 0 Å². The minimum absolute atomic E-state index is 0.0864. The van der Waals surface area contributed by atoms with Crippen molar-refractivity contribution in [3.05, 3.63) is 77.7 Å². The molecule has 1 aliphatic heterocycles. The maximum atomic E-state index is 12.9. The number of benzene rings is 2. The molecule has 2 heterocycles. The Balaban J connectivity index is 1.46. The molecule has 1 aliphatic rings. The summed E-state index contributed by atoms with van der Waals surface area (Å²) in [6.45, 7) is 2.85. The molecule has 0 saturated heterocycles. The van der Waals surface area contributed by atoms with Gasteiger partial charge in [-0.1, -0.05) is 13.0 Å². The molecule has 33 heavy (non-hydrogen) atoms. The SMILES string of the molecule is CCCC(=O)Nc1ccc(S(=O)(=O)Nc2ccc3c(c2)CN(C(=O)c2ccco2)CC3)cc1. The fourth-order valence-corrected chi connectivity index (χ4v) is 4.78. The summed E-state index contributed by atoms with van der Waals surface area (Å²) in [4.78, 5) is 26.1. The lowest BCUT2D eigenvalue weighted by atomic mass is 9.99. The number of sulfonamides is 1. The van der Waals surface area contributed by atoms with Crippen molar-refractivity contribution in [1.82, 2.24) is 4.90 Å². The molecule has 0 atom stereocenters. The number of carbonyl (C=O) groups is 2. The van der Waals surface area contributed by atoms with E-state index in [1.54, 1.807) is 41.3 Å². The average molecular weight is 468 g/mol. The van der Waals surface area contributed by atoms with Crippen LogP contribution in [0.25, 0.3) is 0 Å². The van der Waals surface area contributed by atoms with Crippen molar-refractivity contribution < 1.29 is 22.4 Å². The van der Waals surface area contributed by atoms with Crippen LogP contribution in [0.5, 0.6) is 0 Å². The normalized spacial score (nSPS) is 13.3. The summed E-state index contributed by atoms with van der Waals surface area (Å²) in [5.74, 6) is -0.0211. The molecule has 0 fully saturated rings. The highest BCUT2D eigenvalue weighted by molar-refractivity contribution is 7.92. The third-order valence-corrected chi connectivity index (χ3v) is 6.81. The van der Waals surface area contributed by atoms with Crippen molar-refractivity contribution in [2.75, 3.05) is 16.6 Å². The maximum Gasteiger partial charge on any atom is 0.289 e. The summed E-state index contributed by atoms with van der Waals surface area (Å²) >= 11 is 0. The number of hydrogen-bond acceptors (Lipinski definition) is 5. The van der Waals surface area contributed by atoms with Gasteiger partial charge in [0.05, 0.1) is 11.2 Å². The van der Waals surface area contributed by atoms with E-state index in [4.69, 9.17) is 4.42 Å². The van der Waals surface area contributed by atoms with Crippen molar-refractivity contribution in [1.29, 1.82) is 0 Å². The van der Waals surface area contributed by atoms with Crippen molar-refractivity contribution in [3.8, 4) is 0 Å². The Morgan fingerprint density at radius 3 is 2.48 bits per heavy atom. The minimum atomic E-state index is -3.82. The number of nitrogens with zero attached hydrogens (tertiary/aromatic N) is 1. The molecular formula is C24H25N3O5S. The summed E-state index contributed by atoms with van der Waals surface area (Å²) < 4.78 is 33.5. The van der Waals surface area contributed by atoms with Crippen molar-refractivity contribution in [2.45, 2.75) is 37.6 Å². The van der Waals surface area contributed by atoms with Gasteiger partial charge >= 0.3 is 0 Å². The zero-order valence-electron chi connectivity index (χ0n) is 18.2. The maximum absolute atomic E-state index is 12.9. The molecule has 4 rings (SSSR count). The minimum Gasteiger partial charge on any atom is -0.459 e. The molecule has 3 aromatic rings. The Kier molecular flexibility index (Phi) is 6.50. The first-order chi connectivity index (χ1) is 15.9. The molecular weight excluding hydrogens is 442 g/mol. The molecule has 2 amide bonds. The van der Waals surface area contributed by atoms with E-state index in [1.807, 2.05) is 13.0 Å². The monoisotopic (exact) mass is 467 g/mol. The lowest BCUT2D eigenvalue weighted by molar-refractivity contribution is -0.116. The van der Waals surface area contributed by atoms with E-state index in [0.717, 1.165) is 17.5 Å². The second-order valence-corrected chi connectivity index (χ2v) is 9.55. The Bertz CT molecular complexity index is 1250. The quantitative estimate of drug-likeness (QED) is 0.546. The zero-order valence-corrected chi connectivity index (χ0v) is 19.0. The highest BCUT2D eigenvalue weighted by Gasteiger charge is 2.24. The smallest absolute Gasteiger partial charge is 0.289 e. The number of anilines is 2. The molecule has 9 heteroatoms. The number of rotatable bonds is 7. The Morgan fingerprint density at radius 1 is 1.03 bits per heavy atom. The van der Waals surface area contributed by atoms with Crippen LogP contribution in [0.2, 0.25) is 0 Å². The first-order valence-corrected chi connectivity index (χ1v) is 12.2. The molecule has 2 aromatic carbocycles. The lowest BCUT2D eigenvalue weighted by Crippen LogP contribution is -2.35. The van der Waals surface area contributed by atoms with E-state index in [1.165, 1.54) is 18.4 Å². The summed E-state index contributed by atoms with van der Waals surface area (Å²) in [5.41, 5.74) is 2.92. The van der Waals surface area contributed by atoms with E-state index in [9.17, 15) is 18.0 Å². The van der Waals surface area contributed by atoms with Gasteiger partial charge in [0.15, 0.2) is 5.76 Å². The first-order valence-electron chi connectivity index (χ1n) is 10.7. The Morgan fingerprint density at radius 2 is 1.79 bits per heavy atom. The van der Waals surface area contributed by atoms with E-state index in [0.29, 0.717) is 37.3 Å².